The topological polar surface area (TPSA) is 60.9 Å². The molecule has 1 N–H and O–H groups in total. The molecular weight excluding hydrogens is 208 g/mol. The van der Waals surface area contributed by atoms with E-state index in [2.05, 4.69) is 0 Å². The molecule has 0 aromatic heterocycles. The fraction of sp³-hybridized carbons (Fsp3) is 0.818. The predicted octanol–water partition coefficient (Wildman–Crippen LogP) is -0.408. The summed E-state index contributed by atoms with van der Waals surface area (Å²) in [6.07, 6.45) is 3.48. The Balaban J connectivity index is 1.86. The molecule has 1 heterocycles. The smallest absolute Gasteiger partial charge is 0.243 e. The number of nitrogens with zero attached hydrogens (tertiary/aromatic N) is 2. The maximum absolute atomic E-state index is 11.9. The van der Waals surface area contributed by atoms with Gasteiger partial charge in [0.15, 0.2) is 0 Å². The van der Waals surface area contributed by atoms with E-state index in [0.717, 1.165) is 19.3 Å². The Morgan fingerprint density at radius 2 is 2.25 bits per heavy atom. The number of carbonyl (C=O) groups is 2. The summed E-state index contributed by atoms with van der Waals surface area (Å²) in [5, 5.41) is 8.91. The molecule has 2 aliphatic rings. The fourth-order valence-electron chi connectivity index (χ4n) is 2.13. The minimum atomic E-state index is -0.108. The van der Waals surface area contributed by atoms with Gasteiger partial charge in [0.25, 0.3) is 0 Å². The first-order valence-corrected chi connectivity index (χ1v) is 5.90. The highest BCUT2D eigenvalue weighted by Gasteiger charge is 2.33. The minimum Gasteiger partial charge on any atom is -0.395 e. The second-order valence-corrected chi connectivity index (χ2v) is 4.47. The zero-order chi connectivity index (χ0) is 11.5. The number of aliphatic hydroxyl groups is 1. The van der Waals surface area contributed by atoms with Gasteiger partial charge in [0.1, 0.15) is 0 Å². The normalized spacial score (nSPS) is 20.9. The van der Waals surface area contributed by atoms with Crippen LogP contribution in [-0.4, -0.2) is 59.0 Å². The average molecular weight is 226 g/mol. The van der Waals surface area contributed by atoms with Crippen LogP contribution in [0.4, 0.5) is 0 Å². The monoisotopic (exact) mass is 226 g/mol. The van der Waals surface area contributed by atoms with Crippen molar-refractivity contribution in [1.82, 2.24) is 9.80 Å². The Morgan fingerprint density at radius 1 is 1.50 bits per heavy atom. The van der Waals surface area contributed by atoms with E-state index < -0.39 is 0 Å². The quantitative estimate of drug-likeness (QED) is 0.692. The number of likely N-dealkylation sites (tertiary alicyclic amines) is 1. The molecule has 2 amide bonds. The molecule has 90 valence electrons. The maximum atomic E-state index is 11.9. The molecule has 1 saturated heterocycles. The lowest BCUT2D eigenvalue weighted by atomic mass is 10.4. The predicted molar refractivity (Wildman–Crippen MR) is 57.6 cm³/mol. The first kappa shape index (κ1) is 11.5. The van der Waals surface area contributed by atoms with Crippen molar-refractivity contribution in [2.75, 3.05) is 26.2 Å². The van der Waals surface area contributed by atoms with Crippen molar-refractivity contribution in [3.05, 3.63) is 0 Å². The van der Waals surface area contributed by atoms with Crippen LogP contribution < -0.4 is 0 Å². The van der Waals surface area contributed by atoms with Crippen molar-refractivity contribution >= 4 is 11.8 Å². The Kier molecular flexibility index (Phi) is 3.56. The van der Waals surface area contributed by atoms with Gasteiger partial charge in [0, 0.05) is 25.6 Å². The molecule has 1 aliphatic heterocycles. The number of amides is 2. The van der Waals surface area contributed by atoms with Crippen molar-refractivity contribution in [1.29, 1.82) is 0 Å². The summed E-state index contributed by atoms with van der Waals surface area (Å²) >= 11 is 0. The van der Waals surface area contributed by atoms with Gasteiger partial charge in [-0.3, -0.25) is 19.4 Å². The van der Waals surface area contributed by atoms with E-state index in [1.165, 1.54) is 4.90 Å². The van der Waals surface area contributed by atoms with Gasteiger partial charge >= 0.3 is 0 Å². The van der Waals surface area contributed by atoms with E-state index in [-0.39, 0.29) is 25.0 Å². The van der Waals surface area contributed by atoms with Crippen molar-refractivity contribution in [3.8, 4) is 0 Å². The van der Waals surface area contributed by atoms with Crippen LogP contribution in [0.25, 0.3) is 0 Å². The summed E-state index contributed by atoms with van der Waals surface area (Å²) < 4.78 is 0. The first-order valence-electron chi connectivity index (χ1n) is 5.90. The maximum Gasteiger partial charge on any atom is 0.243 e. The van der Waals surface area contributed by atoms with Crippen molar-refractivity contribution in [2.45, 2.75) is 31.7 Å². The minimum absolute atomic E-state index is 0.0512. The summed E-state index contributed by atoms with van der Waals surface area (Å²) in [5.74, 6) is -0.160. The molecule has 0 radical (unpaired) electrons. The van der Waals surface area contributed by atoms with Gasteiger partial charge in [-0.2, -0.15) is 0 Å². The van der Waals surface area contributed by atoms with E-state index in [1.807, 2.05) is 4.90 Å². The van der Waals surface area contributed by atoms with E-state index in [1.54, 1.807) is 0 Å². The zero-order valence-electron chi connectivity index (χ0n) is 9.39. The van der Waals surface area contributed by atoms with Crippen LogP contribution in [0.15, 0.2) is 0 Å². The van der Waals surface area contributed by atoms with Gasteiger partial charge in [-0.1, -0.05) is 0 Å². The van der Waals surface area contributed by atoms with E-state index >= 15 is 0 Å². The highest BCUT2D eigenvalue weighted by molar-refractivity contribution is 5.97. The number of hydrogen-bond donors (Lipinski definition) is 1. The first-order chi connectivity index (χ1) is 7.72. The lowest BCUT2D eigenvalue weighted by Gasteiger charge is -2.22. The molecule has 0 aromatic carbocycles. The van der Waals surface area contributed by atoms with E-state index in [4.69, 9.17) is 5.11 Å². The zero-order valence-corrected chi connectivity index (χ0v) is 9.39. The fourth-order valence-corrected chi connectivity index (χ4v) is 2.13. The molecule has 1 saturated carbocycles. The van der Waals surface area contributed by atoms with E-state index in [9.17, 15) is 9.59 Å². The van der Waals surface area contributed by atoms with Gasteiger partial charge in [0.2, 0.25) is 11.8 Å². The number of carbonyl (C=O) groups excluding carboxylic acids is 2. The summed E-state index contributed by atoms with van der Waals surface area (Å²) in [4.78, 5) is 26.6. The number of rotatable bonds is 5. The Hall–Kier alpha value is -0.940. The van der Waals surface area contributed by atoms with Crippen LogP contribution in [-0.2, 0) is 9.59 Å². The van der Waals surface area contributed by atoms with Crippen LogP contribution in [0, 0.1) is 0 Å². The molecule has 0 spiro atoms. The van der Waals surface area contributed by atoms with Gasteiger partial charge < -0.3 is 5.11 Å². The molecule has 5 nitrogen and oxygen atoms in total. The summed E-state index contributed by atoms with van der Waals surface area (Å²) in [6.45, 7) is 1.43. The molecule has 2 fully saturated rings. The van der Waals surface area contributed by atoms with Crippen LogP contribution in [0.1, 0.15) is 25.7 Å². The number of aliphatic hydroxyl groups excluding tert-OH is 1. The lowest BCUT2D eigenvalue weighted by molar-refractivity contribution is -0.142. The Labute approximate surface area is 95.0 Å². The summed E-state index contributed by atoms with van der Waals surface area (Å²) in [5.41, 5.74) is 0. The third kappa shape index (κ3) is 2.59. The largest absolute Gasteiger partial charge is 0.395 e. The number of hydrogen-bond acceptors (Lipinski definition) is 4. The molecule has 5 heteroatoms. The third-order valence-electron chi connectivity index (χ3n) is 3.16. The molecule has 0 aromatic rings. The highest BCUT2D eigenvalue weighted by Crippen LogP contribution is 2.26. The van der Waals surface area contributed by atoms with Crippen LogP contribution in [0.2, 0.25) is 0 Å². The third-order valence-corrected chi connectivity index (χ3v) is 3.16. The van der Waals surface area contributed by atoms with Crippen LogP contribution >= 0.6 is 0 Å². The molecule has 0 bridgehead atoms. The molecular formula is C11H18N2O3. The number of imide groups is 1. The standard InChI is InChI=1S/C11H18N2O3/c14-7-6-12(9-3-4-9)8-11(16)13-5-1-2-10(13)15/h9,14H,1-8H2. The second kappa shape index (κ2) is 4.93. The molecule has 16 heavy (non-hydrogen) atoms. The second-order valence-electron chi connectivity index (χ2n) is 4.47. The van der Waals surface area contributed by atoms with Crippen LogP contribution in [0.3, 0.4) is 0 Å². The van der Waals surface area contributed by atoms with Gasteiger partial charge in [-0.15, -0.1) is 0 Å². The van der Waals surface area contributed by atoms with E-state index in [0.29, 0.717) is 25.6 Å². The van der Waals surface area contributed by atoms with Crippen molar-refractivity contribution in [2.24, 2.45) is 0 Å². The molecule has 1 aliphatic carbocycles. The van der Waals surface area contributed by atoms with Gasteiger partial charge in [-0.25, -0.2) is 0 Å². The van der Waals surface area contributed by atoms with Gasteiger partial charge in [-0.05, 0) is 19.3 Å². The SMILES string of the molecule is O=C1CCCN1C(=O)CN(CCO)C1CC1. The Morgan fingerprint density at radius 3 is 2.75 bits per heavy atom. The summed E-state index contributed by atoms with van der Waals surface area (Å²) in [7, 11) is 0. The highest BCUT2D eigenvalue weighted by atomic mass is 16.3. The average Bonchev–Trinajstić information content (AvgIpc) is 3.00. The van der Waals surface area contributed by atoms with Crippen molar-refractivity contribution in [3.63, 3.8) is 0 Å². The molecule has 0 atom stereocenters. The Bertz CT molecular complexity index is 289. The van der Waals surface area contributed by atoms with Gasteiger partial charge in [0.05, 0.1) is 13.2 Å². The summed E-state index contributed by atoms with van der Waals surface area (Å²) in [6, 6.07) is 0.439. The molecule has 2 rings (SSSR count). The molecule has 0 unspecified atom stereocenters. The lowest BCUT2D eigenvalue weighted by Crippen LogP contribution is -2.42. The van der Waals surface area contributed by atoms with Crippen LogP contribution in [0.5, 0.6) is 0 Å². The van der Waals surface area contributed by atoms with Crippen molar-refractivity contribution < 1.29 is 14.7 Å².